The Morgan fingerprint density at radius 2 is 1.81 bits per heavy atom. The third-order valence-corrected chi connectivity index (χ3v) is 6.51. The highest BCUT2D eigenvalue weighted by molar-refractivity contribution is 5.81. The van der Waals surface area contributed by atoms with Crippen molar-refractivity contribution in [1.82, 2.24) is 14.1 Å². The molecule has 0 spiro atoms. The van der Waals surface area contributed by atoms with E-state index >= 15 is 0 Å². The molecule has 1 aliphatic carbocycles. The van der Waals surface area contributed by atoms with E-state index in [-0.39, 0.29) is 5.69 Å². The van der Waals surface area contributed by atoms with Gasteiger partial charge in [-0.2, -0.15) is 0 Å². The van der Waals surface area contributed by atoms with Gasteiger partial charge in [0.1, 0.15) is 5.75 Å². The normalized spacial score (nSPS) is 14.1. The van der Waals surface area contributed by atoms with Gasteiger partial charge in [-0.15, -0.1) is 0 Å². The molecule has 0 aliphatic heterocycles. The minimum Gasteiger partial charge on any atom is -0.490 e. The predicted molar refractivity (Wildman–Crippen MR) is 128 cm³/mol. The number of nitrogens with zero attached hydrogens (tertiary/aromatic N) is 3. The third-order valence-electron chi connectivity index (χ3n) is 6.51. The first-order chi connectivity index (χ1) is 15.5. The van der Waals surface area contributed by atoms with E-state index in [9.17, 15) is 4.79 Å². The van der Waals surface area contributed by atoms with Gasteiger partial charge >= 0.3 is 5.69 Å². The summed E-state index contributed by atoms with van der Waals surface area (Å²) in [5.74, 6) is 1.29. The van der Waals surface area contributed by atoms with Crippen LogP contribution < -0.4 is 10.4 Å². The van der Waals surface area contributed by atoms with Crippen molar-refractivity contribution in [2.24, 2.45) is 7.05 Å². The molecule has 0 bridgehead atoms. The molecule has 5 nitrogen and oxygen atoms in total. The molecule has 164 valence electrons. The zero-order valence-corrected chi connectivity index (χ0v) is 18.9. The van der Waals surface area contributed by atoms with Crippen molar-refractivity contribution in [3.63, 3.8) is 0 Å². The lowest BCUT2D eigenvalue weighted by molar-refractivity contribution is 0.120. The largest absolute Gasteiger partial charge is 0.490 e. The molecule has 32 heavy (non-hydrogen) atoms. The quantitative estimate of drug-likeness (QED) is 0.408. The lowest BCUT2D eigenvalue weighted by atomic mass is 9.95. The minimum atomic E-state index is -0.0362. The van der Waals surface area contributed by atoms with Crippen LogP contribution in [0.15, 0.2) is 65.6 Å². The van der Waals surface area contributed by atoms with Crippen LogP contribution in [-0.2, 0) is 13.6 Å². The van der Waals surface area contributed by atoms with Gasteiger partial charge in [0.15, 0.2) is 0 Å². The third kappa shape index (κ3) is 3.72. The molecule has 1 aliphatic rings. The summed E-state index contributed by atoms with van der Waals surface area (Å²) in [5, 5.41) is 0. The van der Waals surface area contributed by atoms with E-state index in [1.165, 1.54) is 12.0 Å². The molecule has 0 saturated heterocycles. The molecular formula is C27H29N3O2. The first kappa shape index (κ1) is 20.6. The Morgan fingerprint density at radius 1 is 1.06 bits per heavy atom. The molecule has 0 radical (unpaired) electrons. The van der Waals surface area contributed by atoms with E-state index < -0.39 is 0 Å². The zero-order chi connectivity index (χ0) is 22.2. The molecule has 2 aromatic heterocycles. The summed E-state index contributed by atoms with van der Waals surface area (Å²) < 4.78 is 9.48. The van der Waals surface area contributed by atoms with E-state index in [0.29, 0.717) is 18.6 Å². The van der Waals surface area contributed by atoms with Gasteiger partial charge in [0, 0.05) is 12.6 Å². The Bertz CT molecular complexity index is 1310. The van der Waals surface area contributed by atoms with Crippen LogP contribution in [0.1, 0.15) is 50.2 Å². The average molecular weight is 428 g/mol. The van der Waals surface area contributed by atoms with E-state index in [0.717, 1.165) is 46.4 Å². The summed E-state index contributed by atoms with van der Waals surface area (Å²) in [7, 11) is 1.81. The fraction of sp³-hybridized carbons (Fsp3) is 0.333. The maximum Gasteiger partial charge on any atom is 0.329 e. The highest BCUT2D eigenvalue weighted by Gasteiger charge is 2.19. The Morgan fingerprint density at radius 3 is 2.50 bits per heavy atom. The molecule has 0 atom stereocenters. The molecule has 4 aromatic rings. The zero-order valence-electron chi connectivity index (χ0n) is 18.9. The molecule has 2 aromatic carbocycles. The Hall–Kier alpha value is -3.34. The SMILES string of the molecule is CC(C)c1ccccc1-c1cc2c(cn1)n(C)c(=O)n2Cc1ccc(OC2CCC2)cc1. The predicted octanol–water partition coefficient (Wildman–Crippen LogP) is 5.51. The van der Waals surface area contributed by atoms with Gasteiger partial charge in [0.25, 0.3) is 0 Å². The minimum absolute atomic E-state index is 0.0362. The van der Waals surface area contributed by atoms with E-state index in [1.807, 2.05) is 35.0 Å². The fourth-order valence-electron chi connectivity index (χ4n) is 4.37. The van der Waals surface area contributed by atoms with Crippen LogP contribution in [0.5, 0.6) is 5.75 Å². The Balaban J connectivity index is 1.51. The number of aryl methyl sites for hydroxylation is 1. The maximum absolute atomic E-state index is 13.0. The summed E-state index contributed by atoms with van der Waals surface area (Å²) in [6.07, 6.45) is 5.72. The van der Waals surface area contributed by atoms with Crippen LogP contribution in [0.4, 0.5) is 0 Å². The van der Waals surface area contributed by atoms with Crippen molar-refractivity contribution in [2.45, 2.75) is 51.7 Å². The van der Waals surface area contributed by atoms with Gasteiger partial charge in [-0.1, -0.05) is 50.2 Å². The summed E-state index contributed by atoms with van der Waals surface area (Å²) in [5.41, 5.74) is 6.04. The monoisotopic (exact) mass is 427 g/mol. The van der Waals surface area contributed by atoms with Gasteiger partial charge in [-0.25, -0.2) is 4.79 Å². The Kier molecular flexibility index (Phi) is 5.33. The summed E-state index contributed by atoms with van der Waals surface area (Å²) in [4.78, 5) is 17.8. The number of fused-ring (bicyclic) bond motifs is 1. The van der Waals surface area contributed by atoms with Crippen LogP contribution in [0.3, 0.4) is 0 Å². The van der Waals surface area contributed by atoms with E-state index in [2.05, 4.69) is 44.2 Å². The van der Waals surface area contributed by atoms with Gasteiger partial charge < -0.3 is 4.74 Å². The average Bonchev–Trinajstić information content (AvgIpc) is 3.01. The molecule has 0 N–H and O–H groups in total. The number of hydrogen-bond donors (Lipinski definition) is 0. The van der Waals surface area contributed by atoms with Crippen molar-refractivity contribution < 1.29 is 4.74 Å². The fourth-order valence-corrected chi connectivity index (χ4v) is 4.37. The van der Waals surface area contributed by atoms with E-state index in [4.69, 9.17) is 9.72 Å². The van der Waals surface area contributed by atoms with Crippen LogP contribution in [0, 0.1) is 0 Å². The van der Waals surface area contributed by atoms with Crippen molar-refractivity contribution >= 4 is 11.0 Å². The second-order valence-electron chi connectivity index (χ2n) is 9.04. The van der Waals surface area contributed by atoms with Crippen LogP contribution >= 0.6 is 0 Å². The van der Waals surface area contributed by atoms with Gasteiger partial charge in [-0.3, -0.25) is 14.1 Å². The number of ether oxygens (including phenoxy) is 1. The summed E-state index contributed by atoms with van der Waals surface area (Å²) in [6, 6.07) is 18.5. The molecule has 1 saturated carbocycles. The number of hydrogen-bond acceptors (Lipinski definition) is 3. The van der Waals surface area contributed by atoms with Crippen molar-refractivity contribution in [3.05, 3.63) is 82.4 Å². The highest BCUT2D eigenvalue weighted by atomic mass is 16.5. The van der Waals surface area contributed by atoms with Gasteiger partial charge in [0.05, 0.1) is 35.6 Å². The van der Waals surface area contributed by atoms with Crippen LogP contribution in [-0.4, -0.2) is 20.2 Å². The molecular weight excluding hydrogens is 398 g/mol. The molecule has 1 fully saturated rings. The summed E-state index contributed by atoms with van der Waals surface area (Å²) >= 11 is 0. The molecule has 5 rings (SSSR count). The van der Waals surface area contributed by atoms with Crippen molar-refractivity contribution in [3.8, 4) is 17.0 Å². The smallest absolute Gasteiger partial charge is 0.329 e. The number of benzene rings is 2. The van der Waals surface area contributed by atoms with Gasteiger partial charge in [-0.05, 0) is 54.5 Å². The standard InChI is InChI=1S/C27H29N3O2/c1-18(2)22-9-4-5-10-23(22)24-15-25-26(16-28-24)29(3)27(31)30(25)17-19-11-13-21(14-12-19)32-20-7-6-8-20/h4-5,9-16,18,20H,6-8,17H2,1-3H3. The van der Waals surface area contributed by atoms with E-state index in [1.54, 1.807) is 11.6 Å². The molecule has 0 amide bonds. The number of pyridine rings is 1. The lowest BCUT2D eigenvalue weighted by Gasteiger charge is -2.26. The molecule has 5 heteroatoms. The lowest BCUT2D eigenvalue weighted by Crippen LogP contribution is -2.24. The summed E-state index contributed by atoms with van der Waals surface area (Å²) in [6.45, 7) is 4.89. The van der Waals surface area contributed by atoms with Gasteiger partial charge in [0.2, 0.25) is 0 Å². The maximum atomic E-state index is 13.0. The number of rotatable bonds is 6. The molecule has 0 unspecified atom stereocenters. The topological polar surface area (TPSA) is 49.0 Å². The van der Waals surface area contributed by atoms with Crippen LogP contribution in [0.2, 0.25) is 0 Å². The second kappa shape index (κ2) is 8.30. The highest BCUT2D eigenvalue weighted by Crippen LogP contribution is 2.30. The van der Waals surface area contributed by atoms with Crippen molar-refractivity contribution in [2.75, 3.05) is 0 Å². The number of aromatic nitrogens is 3. The number of imidazole rings is 1. The first-order valence-corrected chi connectivity index (χ1v) is 11.4. The molecule has 2 heterocycles. The first-order valence-electron chi connectivity index (χ1n) is 11.4. The second-order valence-corrected chi connectivity index (χ2v) is 9.04. The van der Waals surface area contributed by atoms with Crippen LogP contribution in [0.25, 0.3) is 22.3 Å². The Labute approximate surface area is 188 Å². The van der Waals surface area contributed by atoms with Crippen molar-refractivity contribution in [1.29, 1.82) is 0 Å².